The molecule has 114 valence electrons. The zero-order valence-electron chi connectivity index (χ0n) is 13.5. The van der Waals surface area contributed by atoms with Crippen LogP contribution in [0.4, 0.5) is 0 Å². The van der Waals surface area contributed by atoms with Gasteiger partial charge < -0.3 is 9.84 Å². The van der Waals surface area contributed by atoms with E-state index in [0.29, 0.717) is 12.4 Å². The number of hydrogen-bond donors (Lipinski definition) is 1. The Morgan fingerprint density at radius 1 is 0.950 bits per heavy atom. The minimum Gasteiger partial charge on any atom is -0.508 e. The highest BCUT2D eigenvalue weighted by Crippen LogP contribution is 2.44. The van der Waals surface area contributed by atoms with Gasteiger partial charge in [-0.2, -0.15) is 0 Å². The normalized spacial score (nSPS) is 11.6. The number of ether oxygens (including phenoxy) is 1. The van der Waals surface area contributed by atoms with E-state index in [1.807, 2.05) is 19.1 Å². The Morgan fingerprint density at radius 3 is 1.95 bits per heavy atom. The van der Waals surface area contributed by atoms with Crippen LogP contribution in [0.3, 0.4) is 0 Å². The van der Waals surface area contributed by atoms with Gasteiger partial charge in [0.25, 0.3) is 0 Å². The summed E-state index contributed by atoms with van der Waals surface area (Å²) in [5, 5.41) is 9.92. The maximum absolute atomic E-state index is 9.92. The summed E-state index contributed by atoms with van der Waals surface area (Å²) in [7, 11) is 0. The lowest BCUT2D eigenvalue weighted by molar-refractivity contribution is 0.288. The van der Waals surface area contributed by atoms with Crippen LogP contribution >= 0.6 is 0 Å². The fourth-order valence-corrected chi connectivity index (χ4v) is 3.43. The summed E-state index contributed by atoms with van der Waals surface area (Å²) in [4.78, 5) is 0. The molecule has 0 bridgehead atoms. The van der Waals surface area contributed by atoms with Gasteiger partial charge in [0, 0.05) is 5.56 Å². The molecule has 1 aromatic rings. The second-order valence-corrected chi connectivity index (χ2v) is 5.64. The largest absolute Gasteiger partial charge is 0.508 e. The number of phenols is 1. The number of benzene rings is 1. The minimum atomic E-state index is 0.140. The molecule has 0 heterocycles. The monoisotopic (exact) mass is 278 g/mol. The molecule has 2 heteroatoms. The number of phenolic OH excluding ortho intramolecular Hbond substituents is 1. The van der Waals surface area contributed by atoms with E-state index in [4.69, 9.17) is 4.74 Å². The molecular weight excluding hydrogens is 248 g/mol. The van der Waals surface area contributed by atoms with Crippen LogP contribution in [0.1, 0.15) is 71.8 Å². The van der Waals surface area contributed by atoms with Gasteiger partial charge in [-0.3, -0.25) is 0 Å². The first kappa shape index (κ1) is 16.9. The standard InChI is InChI=1S/C18H30O2/c1-5-11-18(12-6-2,13-7-3)16-14-15(19)9-10-17(16)20-8-4/h9-10,14,19H,5-8,11-13H2,1-4H3. The molecule has 0 saturated carbocycles. The van der Waals surface area contributed by atoms with Crippen molar-refractivity contribution in [2.45, 2.75) is 71.6 Å². The first-order valence-electron chi connectivity index (χ1n) is 8.09. The predicted octanol–water partition coefficient (Wildman–Crippen LogP) is 5.43. The number of rotatable bonds is 9. The minimum absolute atomic E-state index is 0.140. The number of aromatic hydroxyl groups is 1. The molecule has 2 nitrogen and oxygen atoms in total. The van der Waals surface area contributed by atoms with E-state index in [1.54, 1.807) is 6.07 Å². The molecule has 0 aromatic heterocycles. The highest BCUT2D eigenvalue weighted by Gasteiger charge is 2.32. The third-order valence-electron chi connectivity index (χ3n) is 4.02. The molecule has 1 rings (SSSR count). The molecule has 0 unspecified atom stereocenters. The third-order valence-corrected chi connectivity index (χ3v) is 4.02. The number of hydrogen-bond acceptors (Lipinski definition) is 2. The molecule has 0 amide bonds. The van der Waals surface area contributed by atoms with Crippen LogP contribution in [-0.4, -0.2) is 11.7 Å². The first-order chi connectivity index (χ1) is 9.63. The van der Waals surface area contributed by atoms with Gasteiger partial charge in [0.1, 0.15) is 11.5 Å². The highest BCUT2D eigenvalue weighted by atomic mass is 16.5. The molecule has 0 aliphatic rings. The third kappa shape index (κ3) is 3.91. The second kappa shape index (κ2) is 8.18. The molecule has 1 aromatic carbocycles. The van der Waals surface area contributed by atoms with Gasteiger partial charge in [-0.05, 0) is 49.8 Å². The van der Waals surface area contributed by atoms with E-state index < -0.39 is 0 Å². The van der Waals surface area contributed by atoms with Gasteiger partial charge in [0.05, 0.1) is 6.61 Å². The summed E-state index contributed by atoms with van der Waals surface area (Å²) >= 11 is 0. The van der Waals surface area contributed by atoms with Crippen LogP contribution in [0.2, 0.25) is 0 Å². The van der Waals surface area contributed by atoms with Crippen molar-refractivity contribution in [2.24, 2.45) is 0 Å². The van der Waals surface area contributed by atoms with E-state index in [0.717, 1.165) is 44.3 Å². The van der Waals surface area contributed by atoms with Crippen LogP contribution in [0.5, 0.6) is 11.5 Å². The lowest BCUT2D eigenvalue weighted by atomic mass is 9.70. The Labute approximate surface area is 124 Å². The Balaban J connectivity index is 3.32. The van der Waals surface area contributed by atoms with Crippen LogP contribution in [0, 0.1) is 0 Å². The van der Waals surface area contributed by atoms with Gasteiger partial charge in [0.2, 0.25) is 0 Å². The van der Waals surface area contributed by atoms with Crippen molar-refractivity contribution in [1.29, 1.82) is 0 Å². The van der Waals surface area contributed by atoms with E-state index >= 15 is 0 Å². The molecule has 0 spiro atoms. The Kier molecular flexibility index (Phi) is 6.90. The molecule has 0 atom stereocenters. The van der Waals surface area contributed by atoms with E-state index in [-0.39, 0.29) is 5.41 Å². The van der Waals surface area contributed by atoms with E-state index in [9.17, 15) is 5.11 Å². The molecule has 1 N–H and O–H groups in total. The SMILES string of the molecule is CCCC(CCC)(CCC)c1cc(O)ccc1OCC. The van der Waals surface area contributed by atoms with Crippen molar-refractivity contribution < 1.29 is 9.84 Å². The Hall–Kier alpha value is -1.18. The molecule has 0 radical (unpaired) electrons. The molecule has 20 heavy (non-hydrogen) atoms. The summed E-state index contributed by atoms with van der Waals surface area (Å²) in [6.07, 6.45) is 6.91. The quantitative estimate of drug-likeness (QED) is 0.652. The van der Waals surface area contributed by atoms with Crippen molar-refractivity contribution >= 4 is 0 Å². The van der Waals surface area contributed by atoms with Crippen LogP contribution in [0.15, 0.2) is 18.2 Å². The lowest BCUT2D eigenvalue weighted by Gasteiger charge is -2.35. The lowest BCUT2D eigenvalue weighted by Crippen LogP contribution is -2.26. The van der Waals surface area contributed by atoms with Crippen molar-refractivity contribution in [3.05, 3.63) is 23.8 Å². The first-order valence-corrected chi connectivity index (χ1v) is 8.09. The van der Waals surface area contributed by atoms with E-state index in [1.165, 1.54) is 5.56 Å². The molecule has 0 fully saturated rings. The summed E-state index contributed by atoms with van der Waals surface area (Å²) in [5.74, 6) is 1.29. The molecule has 0 aliphatic carbocycles. The fourth-order valence-electron chi connectivity index (χ4n) is 3.43. The van der Waals surface area contributed by atoms with Gasteiger partial charge in [-0.1, -0.05) is 40.0 Å². The zero-order valence-corrected chi connectivity index (χ0v) is 13.5. The molecule has 0 saturated heterocycles. The topological polar surface area (TPSA) is 29.5 Å². The van der Waals surface area contributed by atoms with Gasteiger partial charge in [0.15, 0.2) is 0 Å². The predicted molar refractivity (Wildman–Crippen MR) is 85.7 cm³/mol. The van der Waals surface area contributed by atoms with Crippen molar-refractivity contribution in [3.63, 3.8) is 0 Å². The Morgan fingerprint density at radius 2 is 1.50 bits per heavy atom. The maximum Gasteiger partial charge on any atom is 0.123 e. The summed E-state index contributed by atoms with van der Waals surface area (Å²) in [6, 6.07) is 5.57. The smallest absolute Gasteiger partial charge is 0.123 e. The maximum atomic E-state index is 9.92. The van der Waals surface area contributed by atoms with Gasteiger partial charge in [-0.15, -0.1) is 0 Å². The van der Waals surface area contributed by atoms with Gasteiger partial charge in [-0.25, -0.2) is 0 Å². The molecule has 0 aliphatic heterocycles. The van der Waals surface area contributed by atoms with Crippen molar-refractivity contribution in [2.75, 3.05) is 6.61 Å². The fraction of sp³-hybridized carbons (Fsp3) is 0.667. The van der Waals surface area contributed by atoms with Gasteiger partial charge >= 0.3 is 0 Å². The van der Waals surface area contributed by atoms with Crippen molar-refractivity contribution in [1.82, 2.24) is 0 Å². The average molecular weight is 278 g/mol. The van der Waals surface area contributed by atoms with Crippen LogP contribution in [0.25, 0.3) is 0 Å². The highest BCUT2D eigenvalue weighted by molar-refractivity contribution is 5.44. The second-order valence-electron chi connectivity index (χ2n) is 5.64. The summed E-state index contributed by atoms with van der Waals surface area (Å²) in [6.45, 7) is 9.39. The van der Waals surface area contributed by atoms with E-state index in [2.05, 4.69) is 20.8 Å². The average Bonchev–Trinajstić information content (AvgIpc) is 2.42. The molecular formula is C18H30O2. The summed E-state index contributed by atoms with van der Waals surface area (Å²) in [5.41, 5.74) is 1.34. The zero-order chi connectivity index (χ0) is 15.0. The van der Waals surface area contributed by atoms with Crippen LogP contribution in [-0.2, 0) is 5.41 Å². The van der Waals surface area contributed by atoms with Crippen molar-refractivity contribution in [3.8, 4) is 11.5 Å². The summed E-state index contributed by atoms with van der Waals surface area (Å²) < 4.78 is 5.83. The van der Waals surface area contributed by atoms with Crippen LogP contribution < -0.4 is 4.74 Å². The Bertz CT molecular complexity index is 381.